The van der Waals surface area contributed by atoms with Gasteiger partial charge in [-0.2, -0.15) is 0 Å². The van der Waals surface area contributed by atoms with Crippen LogP contribution in [0.15, 0.2) is 12.3 Å². The third-order valence-corrected chi connectivity index (χ3v) is 4.14. The van der Waals surface area contributed by atoms with Crippen LogP contribution < -0.4 is 10.5 Å². The first-order chi connectivity index (χ1) is 9.28. The maximum Gasteiger partial charge on any atom is 0.233 e. The number of hydrogen-bond acceptors (Lipinski definition) is 3. The van der Waals surface area contributed by atoms with E-state index in [0.29, 0.717) is 22.4 Å². The number of amidine groups is 1. The minimum Gasteiger partial charge on any atom is -0.473 e. The van der Waals surface area contributed by atoms with Gasteiger partial charge < -0.3 is 10.5 Å². The van der Waals surface area contributed by atoms with Crippen molar-refractivity contribution in [2.75, 3.05) is 0 Å². The maximum atomic E-state index is 7.50. The van der Waals surface area contributed by atoms with Crippen molar-refractivity contribution in [1.82, 2.24) is 4.98 Å². The zero-order valence-corrected chi connectivity index (χ0v) is 13.0. The van der Waals surface area contributed by atoms with Gasteiger partial charge in [-0.15, -0.1) is 0 Å². The molecule has 0 aliphatic heterocycles. The van der Waals surface area contributed by atoms with Crippen molar-refractivity contribution in [3.05, 3.63) is 22.8 Å². The van der Waals surface area contributed by atoms with Crippen molar-refractivity contribution in [3.8, 4) is 5.88 Å². The summed E-state index contributed by atoms with van der Waals surface area (Å²) in [6.07, 6.45) is 4.89. The van der Waals surface area contributed by atoms with Crippen LogP contribution in [0.3, 0.4) is 0 Å². The lowest BCUT2D eigenvalue weighted by Crippen LogP contribution is -2.34. The molecule has 2 unspecified atom stereocenters. The number of hydrogen-bond donors (Lipinski definition) is 2. The van der Waals surface area contributed by atoms with E-state index in [0.717, 1.165) is 12.8 Å². The predicted molar refractivity (Wildman–Crippen MR) is 81.5 cm³/mol. The second-order valence-corrected chi connectivity index (χ2v) is 6.92. The number of halogens is 1. The number of pyridine rings is 1. The van der Waals surface area contributed by atoms with Crippen LogP contribution in [0.2, 0.25) is 5.02 Å². The van der Waals surface area contributed by atoms with Gasteiger partial charge in [0.05, 0.1) is 0 Å². The SMILES string of the molecule is CC1CC(Oc2nccc(C(=N)N)c2Cl)CC(C)(C)C1. The van der Waals surface area contributed by atoms with E-state index in [1.807, 2.05) is 0 Å². The Bertz CT molecular complexity index is 516. The molecular formula is C15H22ClN3O. The van der Waals surface area contributed by atoms with Crippen LogP contribution >= 0.6 is 11.6 Å². The van der Waals surface area contributed by atoms with Crippen molar-refractivity contribution in [3.63, 3.8) is 0 Å². The summed E-state index contributed by atoms with van der Waals surface area (Å²) in [5.41, 5.74) is 6.24. The first-order valence-electron chi connectivity index (χ1n) is 6.94. The molecule has 1 aliphatic carbocycles. The lowest BCUT2D eigenvalue weighted by molar-refractivity contribution is 0.0533. The second-order valence-electron chi connectivity index (χ2n) is 6.54. The summed E-state index contributed by atoms with van der Waals surface area (Å²) in [5, 5.41) is 7.83. The number of nitrogens with two attached hydrogens (primary N) is 1. The third-order valence-electron chi connectivity index (χ3n) is 3.77. The van der Waals surface area contributed by atoms with E-state index >= 15 is 0 Å². The molecule has 1 saturated carbocycles. The topological polar surface area (TPSA) is 72.0 Å². The molecule has 4 nitrogen and oxygen atoms in total. The molecule has 0 spiro atoms. The van der Waals surface area contributed by atoms with Gasteiger partial charge in [-0.25, -0.2) is 4.98 Å². The molecule has 0 radical (unpaired) electrons. The van der Waals surface area contributed by atoms with Gasteiger partial charge in [-0.05, 0) is 36.7 Å². The Hall–Kier alpha value is -1.29. The highest BCUT2D eigenvalue weighted by Gasteiger charge is 2.33. The highest BCUT2D eigenvalue weighted by Crippen LogP contribution is 2.40. The fourth-order valence-corrected chi connectivity index (χ4v) is 3.48. The molecule has 1 aromatic rings. The average Bonchev–Trinajstić information content (AvgIpc) is 2.28. The summed E-state index contributed by atoms with van der Waals surface area (Å²) in [7, 11) is 0. The Morgan fingerprint density at radius 3 is 2.80 bits per heavy atom. The standard InChI is InChI=1S/C15H22ClN3O/c1-9-6-10(8-15(2,3)7-9)20-14-12(16)11(13(17)18)4-5-19-14/h4-5,9-10H,6-8H2,1-3H3,(H3,17,18). The normalized spacial score (nSPS) is 25.2. The van der Waals surface area contributed by atoms with E-state index in [1.54, 1.807) is 12.3 Å². The van der Waals surface area contributed by atoms with Gasteiger partial charge >= 0.3 is 0 Å². The average molecular weight is 296 g/mol. The lowest BCUT2D eigenvalue weighted by Gasteiger charge is -2.38. The number of nitrogens with one attached hydrogen (secondary N) is 1. The molecule has 1 aromatic heterocycles. The number of ether oxygens (including phenoxy) is 1. The van der Waals surface area contributed by atoms with E-state index in [-0.39, 0.29) is 17.4 Å². The summed E-state index contributed by atoms with van der Waals surface area (Å²) in [6, 6.07) is 1.63. The van der Waals surface area contributed by atoms with Crippen molar-refractivity contribution in [2.45, 2.75) is 46.1 Å². The minimum atomic E-state index is -0.0698. The van der Waals surface area contributed by atoms with Crippen LogP contribution in [0.4, 0.5) is 0 Å². The van der Waals surface area contributed by atoms with Crippen molar-refractivity contribution in [1.29, 1.82) is 5.41 Å². The zero-order valence-electron chi connectivity index (χ0n) is 12.2. The number of nitrogen functional groups attached to an aromatic ring is 1. The molecule has 20 heavy (non-hydrogen) atoms. The van der Waals surface area contributed by atoms with Crippen molar-refractivity contribution >= 4 is 17.4 Å². The Labute approximate surface area is 125 Å². The molecule has 0 bridgehead atoms. The summed E-state index contributed by atoms with van der Waals surface area (Å²) in [5.74, 6) is 0.937. The van der Waals surface area contributed by atoms with Gasteiger partial charge in [0.1, 0.15) is 17.0 Å². The van der Waals surface area contributed by atoms with E-state index in [9.17, 15) is 0 Å². The first kappa shape index (κ1) is 15.1. The molecule has 110 valence electrons. The van der Waals surface area contributed by atoms with Gasteiger partial charge in [0.2, 0.25) is 5.88 Å². The molecule has 3 N–H and O–H groups in total. The second kappa shape index (κ2) is 5.60. The van der Waals surface area contributed by atoms with Crippen LogP contribution in [0.1, 0.15) is 45.6 Å². The predicted octanol–water partition coefficient (Wildman–Crippen LogP) is 3.61. The Balaban J connectivity index is 2.18. The zero-order chi connectivity index (χ0) is 14.9. The Kier molecular flexibility index (Phi) is 4.23. The fourth-order valence-electron chi connectivity index (χ4n) is 3.22. The van der Waals surface area contributed by atoms with Crippen LogP contribution in [0.5, 0.6) is 5.88 Å². The summed E-state index contributed by atoms with van der Waals surface area (Å²) in [6.45, 7) is 6.78. The molecule has 2 atom stereocenters. The molecule has 1 aliphatic rings. The Morgan fingerprint density at radius 2 is 2.20 bits per heavy atom. The minimum absolute atomic E-state index is 0.0698. The third kappa shape index (κ3) is 3.42. The van der Waals surface area contributed by atoms with Gasteiger partial charge in [-0.3, -0.25) is 5.41 Å². The number of aromatic nitrogens is 1. The fraction of sp³-hybridized carbons (Fsp3) is 0.600. The molecule has 2 rings (SSSR count). The molecule has 1 fully saturated rings. The smallest absolute Gasteiger partial charge is 0.233 e. The van der Waals surface area contributed by atoms with Crippen LogP contribution in [-0.4, -0.2) is 16.9 Å². The summed E-state index contributed by atoms with van der Waals surface area (Å²) in [4.78, 5) is 4.18. The maximum absolute atomic E-state index is 7.50. The monoisotopic (exact) mass is 295 g/mol. The Morgan fingerprint density at radius 1 is 1.50 bits per heavy atom. The highest BCUT2D eigenvalue weighted by atomic mass is 35.5. The van der Waals surface area contributed by atoms with E-state index in [1.165, 1.54) is 6.42 Å². The van der Waals surface area contributed by atoms with Crippen molar-refractivity contribution in [2.24, 2.45) is 17.1 Å². The number of nitrogens with zero attached hydrogens (tertiary/aromatic N) is 1. The highest BCUT2D eigenvalue weighted by molar-refractivity contribution is 6.35. The summed E-state index contributed by atoms with van der Waals surface area (Å²) >= 11 is 6.22. The molecular weight excluding hydrogens is 274 g/mol. The van der Waals surface area contributed by atoms with Gasteiger partial charge in [0, 0.05) is 11.8 Å². The quantitative estimate of drug-likeness (QED) is 0.661. The van der Waals surface area contributed by atoms with Crippen molar-refractivity contribution < 1.29 is 4.74 Å². The molecule has 0 saturated heterocycles. The molecule has 0 aromatic carbocycles. The molecule has 1 heterocycles. The van der Waals surface area contributed by atoms with Gasteiger partial charge in [-0.1, -0.05) is 32.4 Å². The van der Waals surface area contributed by atoms with Crippen LogP contribution in [0, 0.1) is 16.7 Å². The van der Waals surface area contributed by atoms with Crippen LogP contribution in [0.25, 0.3) is 0 Å². The van der Waals surface area contributed by atoms with E-state index in [4.69, 9.17) is 27.5 Å². The number of rotatable bonds is 3. The summed E-state index contributed by atoms with van der Waals surface area (Å²) < 4.78 is 5.99. The molecule has 5 heteroatoms. The molecule has 0 amide bonds. The van der Waals surface area contributed by atoms with E-state index < -0.39 is 0 Å². The largest absolute Gasteiger partial charge is 0.473 e. The van der Waals surface area contributed by atoms with Gasteiger partial charge in [0.25, 0.3) is 0 Å². The van der Waals surface area contributed by atoms with Gasteiger partial charge in [0.15, 0.2) is 0 Å². The van der Waals surface area contributed by atoms with Crippen LogP contribution in [-0.2, 0) is 0 Å². The van der Waals surface area contributed by atoms with E-state index in [2.05, 4.69) is 25.8 Å². The first-order valence-corrected chi connectivity index (χ1v) is 7.32. The lowest BCUT2D eigenvalue weighted by atomic mass is 9.71.